The summed E-state index contributed by atoms with van der Waals surface area (Å²) in [5.41, 5.74) is 2.94. The van der Waals surface area contributed by atoms with Gasteiger partial charge in [0.15, 0.2) is 0 Å². The Kier molecular flexibility index (Phi) is 9.69. The molecule has 3 aromatic carbocycles. The Morgan fingerprint density at radius 2 is 1.47 bits per heavy atom. The molecule has 1 N–H and O–H groups in total. The molecular formula is C30H37N3O4S. The van der Waals surface area contributed by atoms with Crippen molar-refractivity contribution in [3.8, 4) is 0 Å². The first-order valence-corrected chi connectivity index (χ1v) is 14.3. The van der Waals surface area contributed by atoms with Gasteiger partial charge in [-0.15, -0.1) is 0 Å². The van der Waals surface area contributed by atoms with Crippen LogP contribution in [0.4, 0.5) is 5.69 Å². The van der Waals surface area contributed by atoms with Crippen LogP contribution < -0.4 is 9.62 Å². The maximum atomic E-state index is 13.9. The Labute approximate surface area is 226 Å². The van der Waals surface area contributed by atoms with Crippen LogP contribution in [-0.4, -0.2) is 43.8 Å². The van der Waals surface area contributed by atoms with E-state index in [2.05, 4.69) is 5.32 Å². The van der Waals surface area contributed by atoms with Crippen molar-refractivity contribution in [2.24, 2.45) is 0 Å². The predicted molar refractivity (Wildman–Crippen MR) is 151 cm³/mol. The third-order valence-electron chi connectivity index (χ3n) is 6.82. The summed E-state index contributed by atoms with van der Waals surface area (Å²) in [7, 11) is -4.08. The van der Waals surface area contributed by atoms with Crippen molar-refractivity contribution < 1.29 is 18.0 Å². The molecule has 0 spiro atoms. The highest BCUT2D eigenvalue weighted by Gasteiger charge is 2.33. The quantitative estimate of drug-likeness (QED) is 0.381. The van der Waals surface area contributed by atoms with E-state index in [4.69, 9.17) is 0 Å². The second-order valence-electron chi connectivity index (χ2n) is 9.54. The standard InChI is InChI=1S/C30H37N3O4S/c1-6-23(3)31-30(35)25(5)32(20-26-15-9-7-10-16-26)29(34)21-33(28-19-13-14-22(2)24(28)4)38(36,37)27-17-11-8-12-18-27/h7-19,23,25H,6,20-21H2,1-5H3,(H,31,35)/t23-,25+/m0/s1. The van der Waals surface area contributed by atoms with Crippen molar-refractivity contribution in [1.29, 1.82) is 0 Å². The summed E-state index contributed by atoms with van der Waals surface area (Å²) in [5, 5.41) is 2.94. The van der Waals surface area contributed by atoms with E-state index in [1.807, 2.05) is 64.1 Å². The Hall–Kier alpha value is -3.65. The fourth-order valence-corrected chi connectivity index (χ4v) is 5.56. The number of nitrogens with one attached hydrogen (secondary N) is 1. The predicted octanol–water partition coefficient (Wildman–Crippen LogP) is 4.83. The van der Waals surface area contributed by atoms with Crippen molar-refractivity contribution in [3.63, 3.8) is 0 Å². The van der Waals surface area contributed by atoms with Crippen molar-refractivity contribution >= 4 is 27.5 Å². The van der Waals surface area contributed by atoms with Crippen molar-refractivity contribution in [2.75, 3.05) is 10.8 Å². The second kappa shape index (κ2) is 12.7. The summed E-state index contributed by atoms with van der Waals surface area (Å²) >= 11 is 0. The van der Waals surface area contributed by atoms with Crippen LogP contribution in [0.5, 0.6) is 0 Å². The lowest BCUT2D eigenvalue weighted by molar-refractivity contribution is -0.139. The zero-order valence-corrected chi connectivity index (χ0v) is 23.5. The molecule has 0 bridgehead atoms. The maximum Gasteiger partial charge on any atom is 0.264 e. The minimum absolute atomic E-state index is 0.0523. The summed E-state index contributed by atoms with van der Waals surface area (Å²) in [4.78, 5) is 28.6. The van der Waals surface area contributed by atoms with E-state index in [1.165, 1.54) is 17.0 Å². The van der Waals surface area contributed by atoms with E-state index in [9.17, 15) is 18.0 Å². The average Bonchev–Trinajstić information content (AvgIpc) is 2.92. The highest BCUT2D eigenvalue weighted by atomic mass is 32.2. The largest absolute Gasteiger partial charge is 0.352 e. The zero-order chi connectivity index (χ0) is 27.9. The van der Waals surface area contributed by atoms with E-state index < -0.39 is 28.5 Å². The summed E-state index contributed by atoms with van der Waals surface area (Å²) in [6, 6.07) is 22.0. The summed E-state index contributed by atoms with van der Waals surface area (Å²) < 4.78 is 28.9. The molecular weight excluding hydrogens is 498 g/mol. The molecule has 2 atom stereocenters. The number of rotatable bonds is 11. The van der Waals surface area contributed by atoms with Gasteiger partial charge in [0, 0.05) is 12.6 Å². The van der Waals surface area contributed by atoms with Crippen LogP contribution in [0, 0.1) is 13.8 Å². The van der Waals surface area contributed by atoms with Gasteiger partial charge in [-0.2, -0.15) is 0 Å². The summed E-state index contributed by atoms with van der Waals surface area (Å²) in [5.74, 6) is -0.756. The Bertz CT molecular complexity index is 1340. The van der Waals surface area contributed by atoms with Gasteiger partial charge in [0.1, 0.15) is 12.6 Å². The first-order valence-electron chi connectivity index (χ1n) is 12.8. The van der Waals surface area contributed by atoms with Gasteiger partial charge in [-0.1, -0.05) is 67.6 Å². The van der Waals surface area contributed by atoms with Crippen molar-refractivity contribution in [1.82, 2.24) is 10.2 Å². The molecule has 0 saturated heterocycles. The highest BCUT2D eigenvalue weighted by Crippen LogP contribution is 2.29. The van der Waals surface area contributed by atoms with Crippen LogP contribution in [0.3, 0.4) is 0 Å². The first kappa shape index (κ1) is 28.9. The van der Waals surface area contributed by atoms with Gasteiger partial charge in [-0.3, -0.25) is 13.9 Å². The molecule has 0 aromatic heterocycles. The molecule has 0 unspecified atom stereocenters. The molecule has 0 saturated carbocycles. The number of nitrogens with zero attached hydrogens (tertiary/aromatic N) is 2. The lowest BCUT2D eigenvalue weighted by atomic mass is 10.1. The van der Waals surface area contributed by atoms with E-state index >= 15 is 0 Å². The van der Waals surface area contributed by atoms with E-state index in [0.29, 0.717) is 5.69 Å². The number of benzene rings is 3. The molecule has 0 radical (unpaired) electrons. The molecule has 0 fully saturated rings. The molecule has 3 aromatic rings. The molecule has 8 heteroatoms. The van der Waals surface area contributed by atoms with Crippen LogP contribution in [0.2, 0.25) is 0 Å². The smallest absolute Gasteiger partial charge is 0.264 e. The van der Waals surface area contributed by atoms with Crippen LogP contribution in [0.1, 0.15) is 43.9 Å². The van der Waals surface area contributed by atoms with Gasteiger partial charge in [0.05, 0.1) is 10.6 Å². The number of hydrogen-bond acceptors (Lipinski definition) is 4. The summed E-state index contributed by atoms with van der Waals surface area (Å²) in [6.45, 7) is 9.01. The van der Waals surface area contributed by atoms with Crippen molar-refractivity contribution in [3.05, 3.63) is 95.6 Å². The van der Waals surface area contributed by atoms with E-state index in [1.54, 1.807) is 37.3 Å². The lowest BCUT2D eigenvalue weighted by Crippen LogP contribution is -2.52. The highest BCUT2D eigenvalue weighted by molar-refractivity contribution is 7.92. The number of anilines is 1. The average molecular weight is 536 g/mol. The van der Waals surface area contributed by atoms with Gasteiger partial charge in [0.2, 0.25) is 11.8 Å². The Morgan fingerprint density at radius 1 is 0.868 bits per heavy atom. The topological polar surface area (TPSA) is 86.8 Å². The fourth-order valence-electron chi connectivity index (χ4n) is 4.07. The van der Waals surface area contributed by atoms with Gasteiger partial charge < -0.3 is 10.2 Å². The van der Waals surface area contributed by atoms with Crippen LogP contribution in [0.25, 0.3) is 0 Å². The van der Waals surface area contributed by atoms with Gasteiger partial charge in [-0.25, -0.2) is 8.42 Å². The van der Waals surface area contributed by atoms with E-state index in [-0.39, 0.29) is 23.4 Å². The number of hydrogen-bond donors (Lipinski definition) is 1. The van der Waals surface area contributed by atoms with Crippen molar-refractivity contribution in [2.45, 2.75) is 64.6 Å². The molecule has 3 rings (SSSR count). The number of carbonyl (C=O) groups excluding carboxylic acids is 2. The monoisotopic (exact) mass is 535 g/mol. The SMILES string of the molecule is CC[C@H](C)NC(=O)[C@@H](C)N(Cc1ccccc1)C(=O)CN(c1cccc(C)c1C)S(=O)(=O)c1ccccc1. The Balaban J connectivity index is 2.04. The van der Waals surface area contributed by atoms with Crippen LogP contribution in [0.15, 0.2) is 83.8 Å². The molecule has 202 valence electrons. The zero-order valence-electron chi connectivity index (χ0n) is 22.7. The number of carbonyl (C=O) groups is 2. The molecule has 0 aliphatic rings. The molecule has 0 heterocycles. The third kappa shape index (κ3) is 6.81. The molecule has 0 aliphatic carbocycles. The molecule has 2 amide bonds. The second-order valence-corrected chi connectivity index (χ2v) is 11.4. The van der Waals surface area contributed by atoms with Gasteiger partial charge in [0.25, 0.3) is 10.0 Å². The van der Waals surface area contributed by atoms with Crippen LogP contribution >= 0.6 is 0 Å². The maximum absolute atomic E-state index is 13.9. The minimum atomic E-state index is -4.08. The van der Waals surface area contributed by atoms with Crippen LogP contribution in [-0.2, 0) is 26.2 Å². The minimum Gasteiger partial charge on any atom is -0.352 e. The van der Waals surface area contributed by atoms with Gasteiger partial charge in [-0.05, 0) is 69.0 Å². The Morgan fingerprint density at radius 3 is 2.08 bits per heavy atom. The first-order chi connectivity index (χ1) is 18.1. The molecule has 7 nitrogen and oxygen atoms in total. The molecule has 38 heavy (non-hydrogen) atoms. The number of aryl methyl sites for hydroxylation is 1. The van der Waals surface area contributed by atoms with Gasteiger partial charge >= 0.3 is 0 Å². The fraction of sp³-hybridized carbons (Fsp3) is 0.333. The third-order valence-corrected chi connectivity index (χ3v) is 8.59. The lowest BCUT2D eigenvalue weighted by Gasteiger charge is -2.33. The number of sulfonamides is 1. The summed E-state index contributed by atoms with van der Waals surface area (Å²) in [6.07, 6.45) is 0.751. The normalized spacial score (nSPS) is 12.9. The molecule has 0 aliphatic heterocycles. The van der Waals surface area contributed by atoms with E-state index in [0.717, 1.165) is 27.4 Å². The number of amides is 2.